The number of nitrogens with two attached hydrogens (primary N) is 1. The van der Waals surface area contributed by atoms with E-state index in [4.69, 9.17) is 5.73 Å². The van der Waals surface area contributed by atoms with Crippen molar-refractivity contribution in [2.24, 2.45) is 0 Å². The lowest BCUT2D eigenvalue weighted by atomic mass is 9.95. The Morgan fingerprint density at radius 2 is 1.77 bits per heavy atom. The minimum atomic E-state index is 0.469. The summed E-state index contributed by atoms with van der Waals surface area (Å²) < 4.78 is 0. The molecule has 2 aromatic heterocycles. The van der Waals surface area contributed by atoms with E-state index in [0.717, 1.165) is 22.2 Å². The molecule has 3 heterocycles. The highest BCUT2D eigenvalue weighted by molar-refractivity contribution is 5.94. The van der Waals surface area contributed by atoms with Crippen LogP contribution in [-0.4, -0.2) is 33.2 Å². The van der Waals surface area contributed by atoms with Gasteiger partial charge < -0.3 is 5.73 Å². The predicted octanol–water partition coefficient (Wildman–Crippen LogP) is 4.37. The zero-order chi connectivity index (χ0) is 18.3. The second-order valence-electron chi connectivity index (χ2n) is 7.43. The summed E-state index contributed by atoms with van der Waals surface area (Å²) in [5.41, 5.74) is 12.6. The summed E-state index contributed by atoms with van der Waals surface area (Å²) in [7, 11) is 0. The number of pyridine rings is 1. The van der Waals surface area contributed by atoms with Crippen molar-refractivity contribution in [1.29, 1.82) is 0 Å². The minimum absolute atomic E-state index is 0.469. The number of fused-ring (bicyclic) bond motifs is 1. The van der Waals surface area contributed by atoms with E-state index < -0.39 is 0 Å². The quantitative estimate of drug-likeness (QED) is 0.736. The number of rotatable bonds is 3. The minimum Gasteiger partial charge on any atom is -0.384 e. The molecule has 5 heteroatoms. The molecule has 4 rings (SSSR count). The van der Waals surface area contributed by atoms with E-state index in [9.17, 15) is 0 Å². The number of hydrogen-bond acceptors (Lipinski definition) is 4. The molecule has 136 valence electrons. The number of H-pyrrole nitrogens is 1. The van der Waals surface area contributed by atoms with Crippen LogP contribution in [0.4, 0.5) is 5.82 Å². The number of aromatic amines is 1. The zero-order valence-electron chi connectivity index (χ0n) is 15.8. The topological polar surface area (TPSA) is 70.8 Å². The zero-order valence-corrected chi connectivity index (χ0v) is 15.8. The smallest absolute Gasteiger partial charge is 0.183 e. The molecule has 3 N–H and O–H groups in total. The SMILES string of the molecule is Cc1nc2n[nH]c(N)c2c(C)c1-c1ccc(C(C)N2CCCCC2)cc1. The molecule has 1 unspecified atom stereocenters. The number of anilines is 1. The van der Waals surface area contributed by atoms with Gasteiger partial charge in [0.05, 0.1) is 5.39 Å². The molecule has 1 saturated heterocycles. The number of nitrogens with one attached hydrogen (secondary N) is 1. The van der Waals surface area contributed by atoms with Gasteiger partial charge in [0.2, 0.25) is 0 Å². The van der Waals surface area contributed by atoms with Crippen molar-refractivity contribution in [2.75, 3.05) is 18.8 Å². The maximum atomic E-state index is 6.06. The van der Waals surface area contributed by atoms with Crippen LogP contribution in [0.15, 0.2) is 24.3 Å². The maximum absolute atomic E-state index is 6.06. The van der Waals surface area contributed by atoms with Crippen LogP contribution in [0.25, 0.3) is 22.2 Å². The van der Waals surface area contributed by atoms with E-state index in [-0.39, 0.29) is 0 Å². The number of benzene rings is 1. The molecule has 26 heavy (non-hydrogen) atoms. The first-order chi connectivity index (χ1) is 12.6. The highest BCUT2D eigenvalue weighted by Gasteiger charge is 2.19. The van der Waals surface area contributed by atoms with E-state index in [0.29, 0.717) is 17.5 Å². The lowest BCUT2D eigenvalue weighted by Crippen LogP contribution is -2.32. The highest BCUT2D eigenvalue weighted by Crippen LogP contribution is 2.34. The van der Waals surface area contributed by atoms with Crippen molar-refractivity contribution in [3.05, 3.63) is 41.1 Å². The Hall–Kier alpha value is -2.40. The fourth-order valence-corrected chi connectivity index (χ4v) is 4.28. The Morgan fingerprint density at radius 1 is 1.08 bits per heavy atom. The van der Waals surface area contributed by atoms with Gasteiger partial charge in [-0.05, 0) is 63.4 Å². The molecule has 1 aliphatic heterocycles. The van der Waals surface area contributed by atoms with Gasteiger partial charge in [-0.15, -0.1) is 0 Å². The number of nitrogens with zero attached hydrogens (tertiary/aromatic N) is 3. The van der Waals surface area contributed by atoms with Crippen LogP contribution < -0.4 is 5.73 Å². The molecule has 1 aromatic carbocycles. The maximum Gasteiger partial charge on any atom is 0.183 e. The van der Waals surface area contributed by atoms with Crippen molar-refractivity contribution >= 4 is 16.9 Å². The molecule has 0 saturated carbocycles. The van der Waals surface area contributed by atoms with Crippen molar-refractivity contribution in [2.45, 2.75) is 46.1 Å². The first-order valence-corrected chi connectivity index (χ1v) is 9.51. The molecule has 0 bridgehead atoms. The van der Waals surface area contributed by atoms with Gasteiger partial charge in [0, 0.05) is 17.3 Å². The van der Waals surface area contributed by atoms with Gasteiger partial charge in [0.1, 0.15) is 5.82 Å². The van der Waals surface area contributed by atoms with Gasteiger partial charge in [0.15, 0.2) is 5.65 Å². The van der Waals surface area contributed by atoms with Gasteiger partial charge in [-0.2, -0.15) is 5.10 Å². The molecule has 1 atom stereocenters. The van der Waals surface area contributed by atoms with E-state index in [2.05, 4.69) is 58.2 Å². The Labute approximate surface area is 154 Å². The van der Waals surface area contributed by atoms with Crippen LogP contribution in [0.1, 0.15) is 49.0 Å². The largest absolute Gasteiger partial charge is 0.384 e. The van der Waals surface area contributed by atoms with Gasteiger partial charge in [-0.25, -0.2) is 4.98 Å². The number of aromatic nitrogens is 3. The molecule has 1 fully saturated rings. The fraction of sp³-hybridized carbons (Fsp3) is 0.429. The fourth-order valence-electron chi connectivity index (χ4n) is 4.28. The third-order valence-corrected chi connectivity index (χ3v) is 5.78. The Kier molecular flexibility index (Phi) is 4.41. The molecule has 3 aromatic rings. The summed E-state index contributed by atoms with van der Waals surface area (Å²) in [5.74, 6) is 0.585. The second-order valence-corrected chi connectivity index (χ2v) is 7.43. The summed E-state index contributed by atoms with van der Waals surface area (Å²) in [4.78, 5) is 7.23. The first-order valence-electron chi connectivity index (χ1n) is 9.51. The van der Waals surface area contributed by atoms with Crippen molar-refractivity contribution < 1.29 is 0 Å². The van der Waals surface area contributed by atoms with Crippen LogP contribution in [-0.2, 0) is 0 Å². The van der Waals surface area contributed by atoms with E-state index in [1.54, 1.807) is 0 Å². The standard InChI is InChI=1S/C21H27N5/c1-13-18(14(2)23-21-19(13)20(22)24-25-21)17-9-7-16(8-10-17)15(3)26-11-5-4-6-12-26/h7-10,15H,4-6,11-12H2,1-3H3,(H3,22,23,24,25). The van der Waals surface area contributed by atoms with Crippen molar-refractivity contribution in [3.8, 4) is 11.1 Å². The van der Waals surface area contributed by atoms with Gasteiger partial charge in [-0.3, -0.25) is 10.00 Å². The van der Waals surface area contributed by atoms with Crippen molar-refractivity contribution in [3.63, 3.8) is 0 Å². The second kappa shape index (κ2) is 6.72. The summed E-state index contributed by atoms with van der Waals surface area (Å²) >= 11 is 0. The molecule has 0 amide bonds. The lowest BCUT2D eigenvalue weighted by Gasteiger charge is -2.32. The van der Waals surface area contributed by atoms with Crippen LogP contribution in [0.5, 0.6) is 0 Å². The Morgan fingerprint density at radius 3 is 2.46 bits per heavy atom. The van der Waals surface area contributed by atoms with Gasteiger partial charge >= 0.3 is 0 Å². The average molecular weight is 349 g/mol. The highest BCUT2D eigenvalue weighted by atomic mass is 15.2. The third-order valence-electron chi connectivity index (χ3n) is 5.78. The molecular formula is C21H27N5. The third kappa shape index (κ3) is 2.86. The number of likely N-dealkylation sites (tertiary alicyclic amines) is 1. The summed E-state index contributed by atoms with van der Waals surface area (Å²) in [5, 5.41) is 7.97. The molecule has 1 aliphatic rings. The van der Waals surface area contributed by atoms with E-state index >= 15 is 0 Å². The molecular weight excluding hydrogens is 322 g/mol. The summed E-state index contributed by atoms with van der Waals surface area (Å²) in [6.07, 6.45) is 4.00. The number of nitrogen functional groups attached to an aromatic ring is 1. The Bertz CT molecular complexity index is 920. The normalized spacial score (nSPS) is 16.9. The molecule has 5 nitrogen and oxygen atoms in total. The molecule has 0 aliphatic carbocycles. The monoisotopic (exact) mass is 349 g/mol. The van der Waals surface area contributed by atoms with Crippen LogP contribution >= 0.6 is 0 Å². The number of piperidine rings is 1. The van der Waals surface area contributed by atoms with E-state index in [1.165, 1.54) is 43.5 Å². The first kappa shape index (κ1) is 17.0. The lowest BCUT2D eigenvalue weighted by molar-refractivity contribution is 0.175. The molecule has 0 spiro atoms. The van der Waals surface area contributed by atoms with Gasteiger partial charge in [0.25, 0.3) is 0 Å². The van der Waals surface area contributed by atoms with Crippen LogP contribution in [0.3, 0.4) is 0 Å². The van der Waals surface area contributed by atoms with Gasteiger partial charge in [-0.1, -0.05) is 30.7 Å². The summed E-state index contributed by atoms with van der Waals surface area (Å²) in [6, 6.07) is 9.42. The predicted molar refractivity (Wildman–Crippen MR) is 107 cm³/mol. The van der Waals surface area contributed by atoms with Crippen LogP contribution in [0, 0.1) is 13.8 Å². The van der Waals surface area contributed by atoms with Crippen LogP contribution in [0.2, 0.25) is 0 Å². The number of aryl methyl sites for hydroxylation is 2. The van der Waals surface area contributed by atoms with Crippen molar-refractivity contribution in [1.82, 2.24) is 20.1 Å². The average Bonchev–Trinajstić information content (AvgIpc) is 3.03. The summed E-state index contributed by atoms with van der Waals surface area (Å²) in [6.45, 7) is 8.87. The number of hydrogen-bond donors (Lipinski definition) is 2. The van der Waals surface area contributed by atoms with E-state index in [1.807, 2.05) is 6.92 Å². The Balaban J connectivity index is 1.69. The molecule has 0 radical (unpaired) electrons.